The van der Waals surface area contributed by atoms with E-state index in [1.807, 2.05) is 30.3 Å². The van der Waals surface area contributed by atoms with Crippen molar-refractivity contribution in [3.8, 4) is 5.75 Å². The lowest BCUT2D eigenvalue weighted by molar-refractivity contribution is 0.178. The molecule has 1 aliphatic heterocycles. The van der Waals surface area contributed by atoms with E-state index in [2.05, 4.69) is 29.4 Å². The predicted molar refractivity (Wildman–Crippen MR) is 90.2 cm³/mol. The molecule has 2 unspecified atom stereocenters. The quantitative estimate of drug-likeness (QED) is 0.853. The molecule has 1 aromatic heterocycles. The summed E-state index contributed by atoms with van der Waals surface area (Å²) in [7, 11) is 0. The van der Waals surface area contributed by atoms with Crippen LogP contribution in [-0.4, -0.2) is 24.2 Å². The van der Waals surface area contributed by atoms with Gasteiger partial charge in [0.2, 0.25) is 0 Å². The topological polar surface area (TPSA) is 43.4 Å². The molecule has 4 heteroatoms. The molecular weight excluding hydrogens is 288 g/mol. The molecule has 0 spiro atoms. The minimum absolute atomic E-state index is 0.468. The first-order valence-corrected chi connectivity index (χ1v) is 8.24. The van der Waals surface area contributed by atoms with Crippen LogP contribution in [0.2, 0.25) is 0 Å². The maximum Gasteiger partial charge on any atom is 0.130 e. The normalized spacial score (nSPS) is 18.7. The summed E-state index contributed by atoms with van der Waals surface area (Å²) < 4.78 is 11.3. The van der Waals surface area contributed by atoms with E-state index in [4.69, 9.17) is 9.47 Å². The average molecular weight is 312 g/mol. The van der Waals surface area contributed by atoms with Crippen molar-refractivity contribution >= 4 is 0 Å². The van der Waals surface area contributed by atoms with Crippen molar-refractivity contribution < 1.29 is 9.47 Å². The largest absolute Gasteiger partial charge is 0.487 e. The third kappa shape index (κ3) is 4.78. The van der Waals surface area contributed by atoms with Crippen molar-refractivity contribution in [2.45, 2.75) is 32.5 Å². The Bertz CT molecular complexity index is 597. The minimum Gasteiger partial charge on any atom is -0.487 e. The number of nitrogens with one attached hydrogen (secondary N) is 1. The van der Waals surface area contributed by atoms with E-state index in [0.717, 1.165) is 37.6 Å². The van der Waals surface area contributed by atoms with E-state index in [0.29, 0.717) is 18.6 Å². The Morgan fingerprint density at radius 1 is 1.30 bits per heavy atom. The van der Waals surface area contributed by atoms with Crippen molar-refractivity contribution in [3.05, 3.63) is 59.9 Å². The van der Waals surface area contributed by atoms with Crippen molar-refractivity contribution in [3.63, 3.8) is 0 Å². The molecule has 1 N–H and O–H groups in total. The van der Waals surface area contributed by atoms with Gasteiger partial charge in [0, 0.05) is 25.4 Å². The third-order valence-electron chi connectivity index (χ3n) is 4.31. The van der Waals surface area contributed by atoms with Crippen molar-refractivity contribution in [1.29, 1.82) is 0 Å². The lowest BCUT2D eigenvalue weighted by atomic mass is 10.0. The monoisotopic (exact) mass is 312 g/mol. The van der Waals surface area contributed by atoms with Crippen LogP contribution in [0.15, 0.2) is 48.7 Å². The van der Waals surface area contributed by atoms with E-state index in [1.54, 1.807) is 6.20 Å². The van der Waals surface area contributed by atoms with Crippen LogP contribution in [0, 0.1) is 5.92 Å². The fourth-order valence-corrected chi connectivity index (χ4v) is 2.78. The van der Waals surface area contributed by atoms with Gasteiger partial charge in [0.15, 0.2) is 0 Å². The van der Waals surface area contributed by atoms with Crippen molar-refractivity contribution in [2.24, 2.45) is 5.92 Å². The summed E-state index contributed by atoms with van der Waals surface area (Å²) in [6, 6.07) is 14.6. The lowest BCUT2D eigenvalue weighted by Gasteiger charge is -2.19. The molecular formula is C19H24N2O2. The average Bonchev–Trinajstić information content (AvgIpc) is 3.14. The van der Waals surface area contributed by atoms with Crippen LogP contribution in [-0.2, 0) is 17.9 Å². The van der Waals surface area contributed by atoms with Gasteiger partial charge >= 0.3 is 0 Å². The molecule has 2 aromatic rings. The first-order chi connectivity index (χ1) is 11.3. The molecule has 0 bridgehead atoms. The van der Waals surface area contributed by atoms with Crippen LogP contribution in [0.5, 0.6) is 5.75 Å². The molecule has 1 aromatic carbocycles. The van der Waals surface area contributed by atoms with Gasteiger partial charge in [-0.1, -0.05) is 18.2 Å². The molecule has 0 saturated carbocycles. The Morgan fingerprint density at radius 3 is 3.04 bits per heavy atom. The molecule has 0 radical (unpaired) electrons. The highest BCUT2D eigenvalue weighted by Crippen LogP contribution is 2.18. The fourth-order valence-electron chi connectivity index (χ4n) is 2.78. The molecule has 1 saturated heterocycles. The first kappa shape index (κ1) is 16.0. The van der Waals surface area contributed by atoms with Crippen LogP contribution in [0.4, 0.5) is 0 Å². The van der Waals surface area contributed by atoms with E-state index in [1.165, 1.54) is 5.56 Å². The second kappa shape index (κ2) is 8.09. The zero-order valence-corrected chi connectivity index (χ0v) is 13.6. The van der Waals surface area contributed by atoms with Gasteiger partial charge in [-0.3, -0.25) is 4.98 Å². The molecule has 0 aliphatic carbocycles. The summed E-state index contributed by atoms with van der Waals surface area (Å²) in [5.41, 5.74) is 2.17. The van der Waals surface area contributed by atoms with E-state index in [9.17, 15) is 0 Å². The molecule has 2 atom stereocenters. The van der Waals surface area contributed by atoms with Gasteiger partial charge in [-0.25, -0.2) is 0 Å². The van der Waals surface area contributed by atoms with E-state index in [-0.39, 0.29) is 0 Å². The van der Waals surface area contributed by atoms with Gasteiger partial charge in [0.05, 0.1) is 12.3 Å². The van der Waals surface area contributed by atoms with Crippen molar-refractivity contribution in [2.75, 3.05) is 13.2 Å². The zero-order valence-electron chi connectivity index (χ0n) is 13.6. The highest BCUT2D eigenvalue weighted by atomic mass is 16.5. The van der Waals surface area contributed by atoms with Crippen LogP contribution in [0.1, 0.15) is 24.6 Å². The molecule has 1 aliphatic rings. The fraction of sp³-hybridized carbons (Fsp3) is 0.421. The Labute approximate surface area is 137 Å². The number of pyridine rings is 1. The first-order valence-electron chi connectivity index (χ1n) is 8.24. The molecule has 3 rings (SSSR count). The van der Waals surface area contributed by atoms with Crippen molar-refractivity contribution in [1.82, 2.24) is 10.3 Å². The van der Waals surface area contributed by atoms with Gasteiger partial charge in [0.25, 0.3) is 0 Å². The molecule has 23 heavy (non-hydrogen) atoms. The van der Waals surface area contributed by atoms with E-state index >= 15 is 0 Å². The van der Waals surface area contributed by atoms with Gasteiger partial charge in [0.1, 0.15) is 12.4 Å². The lowest BCUT2D eigenvalue weighted by Crippen LogP contribution is -2.33. The minimum atomic E-state index is 0.468. The number of benzene rings is 1. The number of nitrogens with zero attached hydrogens (tertiary/aromatic N) is 1. The molecule has 0 amide bonds. The number of hydrogen-bond acceptors (Lipinski definition) is 4. The summed E-state index contributed by atoms with van der Waals surface area (Å²) >= 11 is 0. The van der Waals surface area contributed by atoms with Gasteiger partial charge in [-0.15, -0.1) is 0 Å². The summed E-state index contributed by atoms with van der Waals surface area (Å²) in [6.07, 6.45) is 2.94. The Kier molecular flexibility index (Phi) is 5.61. The van der Waals surface area contributed by atoms with Crippen LogP contribution in [0.3, 0.4) is 0 Å². The predicted octanol–water partition coefficient (Wildman–Crippen LogP) is 3.18. The molecule has 4 nitrogen and oxygen atoms in total. The summed E-state index contributed by atoms with van der Waals surface area (Å²) in [5.74, 6) is 1.50. The molecule has 1 fully saturated rings. The Morgan fingerprint density at radius 2 is 2.26 bits per heavy atom. The third-order valence-corrected chi connectivity index (χ3v) is 4.31. The van der Waals surface area contributed by atoms with Crippen LogP contribution < -0.4 is 10.1 Å². The van der Waals surface area contributed by atoms with Gasteiger partial charge < -0.3 is 14.8 Å². The number of hydrogen-bond donors (Lipinski definition) is 1. The highest BCUT2D eigenvalue weighted by Gasteiger charge is 2.21. The smallest absolute Gasteiger partial charge is 0.130 e. The zero-order chi connectivity index (χ0) is 15.9. The summed E-state index contributed by atoms with van der Waals surface area (Å²) in [4.78, 5) is 4.27. The summed E-state index contributed by atoms with van der Waals surface area (Å²) in [6.45, 7) is 5.35. The van der Waals surface area contributed by atoms with Crippen LogP contribution in [0.25, 0.3) is 0 Å². The SMILES string of the molecule is CC(NCc1cccc(OCc2ccccn2)c1)C1CCOC1. The molecule has 2 heterocycles. The Hall–Kier alpha value is -1.91. The number of aromatic nitrogens is 1. The van der Waals surface area contributed by atoms with Gasteiger partial charge in [-0.05, 0) is 49.1 Å². The van der Waals surface area contributed by atoms with Gasteiger partial charge in [-0.2, -0.15) is 0 Å². The second-order valence-corrected chi connectivity index (χ2v) is 6.05. The standard InChI is InChI=1S/C19H24N2O2/c1-15(17-8-10-22-13-17)21-12-16-5-4-7-19(11-16)23-14-18-6-2-3-9-20-18/h2-7,9,11,15,17,21H,8,10,12-14H2,1H3. The molecule has 122 valence electrons. The maximum atomic E-state index is 5.83. The van der Waals surface area contributed by atoms with Crippen LogP contribution >= 0.6 is 0 Å². The highest BCUT2D eigenvalue weighted by molar-refractivity contribution is 5.28. The summed E-state index contributed by atoms with van der Waals surface area (Å²) in [5, 5.41) is 3.59. The Balaban J connectivity index is 1.50. The number of rotatable bonds is 7. The maximum absolute atomic E-state index is 5.83. The van der Waals surface area contributed by atoms with E-state index < -0.39 is 0 Å². The number of ether oxygens (including phenoxy) is 2. The second-order valence-electron chi connectivity index (χ2n) is 6.05.